The minimum Gasteiger partial charge on any atom is -0.363 e. The number of nitrogens with zero attached hydrogens (tertiary/aromatic N) is 1. The lowest BCUT2D eigenvalue weighted by molar-refractivity contribution is 0.430. The molecule has 3 rings (SSSR count). The van der Waals surface area contributed by atoms with Crippen molar-refractivity contribution in [3.8, 4) is 0 Å². The van der Waals surface area contributed by atoms with Crippen molar-refractivity contribution in [1.29, 1.82) is 0 Å². The van der Waals surface area contributed by atoms with Crippen LogP contribution in [0.5, 0.6) is 0 Å². The summed E-state index contributed by atoms with van der Waals surface area (Å²) < 4.78 is 0. The molecule has 2 atom stereocenters. The van der Waals surface area contributed by atoms with E-state index in [9.17, 15) is 0 Å². The van der Waals surface area contributed by atoms with E-state index in [0.717, 1.165) is 24.5 Å². The summed E-state index contributed by atoms with van der Waals surface area (Å²) in [6, 6.07) is 7.42. The zero-order chi connectivity index (χ0) is 10.4. The van der Waals surface area contributed by atoms with Gasteiger partial charge in [-0.15, -0.1) is 0 Å². The standard InChI is InChI=1S/C12H15ClN2/c1-8-6-14-7-9-5-10-11(13)3-2-4-12(10)15(8)9/h2-4,8-9,14H,5-7H2,1H3/t8-,9-/m1/s1. The van der Waals surface area contributed by atoms with Crippen molar-refractivity contribution < 1.29 is 0 Å². The van der Waals surface area contributed by atoms with Gasteiger partial charge in [0.2, 0.25) is 0 Å². The van der Waals surface area contributed by atoms with Crippen molar-refractivity contribution in [1.82, 2.24) is 5.32 Å². The first-order valence-electron chi connectivity index (χ1n) is 5.54. The van der Waals surface area contributed by atoms with Crippen LogP contribution in [-0.4, -0.2) is 25.2 Å². The zero-order valence-corrected chi connectivity index (χ0v) is 9.59. The van der Waals surface area contributed by atoms with Crippen LogP contribution in [-0.2, 0) is 6.42 Å². The topological polar surface area (TPSA) is 15.3 Å². The second-order valence-electron chi connectivity index (χ2n) is 4.51. The van der Waals surface area contributed by atoms with E-state index >= 15 is 0 Å². The molecule has 0 bridgehead atoms. The minimum atomic E-state index is 0.573. The highest BCUT2D eigenvalue weighted by Crippen LogP contribution is 2.38. The summed E-state index contributed by atoms with van der Waals surface area (Å²) in [6.45, 7) is 4.42. The van der Waals surface area contributed by atoms with Gasteiger partial charge in [-0.05, 0) is 31.0 Å². The summed E-state index contributed by atoms with van der Waals surface area (Å²) in [5.41, 5.74) is 2.68. The molecular formula is C12H15ClN2. The van der Waals surface area contributed by atoms with Crippen LogP contribution in [0.4, 0.5) is 5.69 Å². The van der Waals surface area contributed by atoms with Gasteiger partial charge in [0.1, 0.15) is 0 Å². The molecule has 0 amide bonds. The van der Waals surface area contributed by atoms with E-state index in [1.54, 1.807) is 0 Å². The van der Waals surface area contributed by atoms with Crippen molar-refractivity contribution in [3.05, 3.63) is 28.8 Å². The number of hydrogen-bond donors (Lipinski definition) is 1. The highest BCUT2D eigenvalue weighted by Gasteiger charge is 2.35. The van der Waals surface area contributed by atoms with Crippen LogP contribution in [0.2, 0.25) is 5.02 Å². The summed E-state index contributed by atoms with van der Waals surface area (Å²) in [5, 5.41) is 4.40. The molecule has 1 fully saturated rings. The van der Waals surface area contributed by atoms with Crippen LogP contribution in [0.15, 0.2) is 18.2 Å². The zero-order valence-electron chi connectivity index (χ0n) is 8.83. The molecule has 0 unspecified atom stereocenters. The van der Waals surface area contributed by atoms with Crippen molar-refractivity contribution in [2.75, 3.05) is 18.0 Å². The fraction of sp³-hybridized carbons (Fsp3) is 0.500. The fourth-order valence-corrected chi connectivity index (χ4v) is 3.09. The molecule has 0 saturated carbocycles. The van der Waals surface area contributed by atoms with Gasteiger partial charge in [-0.3, -0.25) is 0 Å². The molecule has 3 heteroatoms. The summed E-state index contributed by atoms with van der Waals surface area (Å²) in [7, 11) is 0. The monoisotopic (exact) mass is 222 g/mol. The van der Waals surface area contributed by atoms with Gasteiger partial charge >= 0.3 is 0 Å². The minimum absolute atomic E-state index is 0.573. The fourth-order valence-electron chi connectivity index (χ4n) is 2.85. The highest BCUT2D eigenvalue weighted by atomic mass is 35.5. The van der Waals surface area contributed by atoms with E-state index < -0.39 is 0 Å². The number of hydrogen-bond acceptors (Lipinski definition) is 2. The number of fused-ring (bicyclic) bond motifs is 3. The van der Waals surface area contributed by atoms with E-state index in [1.807, 2.05) is 6.07 Å². The Morgan fingerprint density at radius 1 is 1.40 bits per heavy atom. The molecule has 2 nitrogen and oxygen atoms in total. The maximum absolute atomic E-state index is 6.24. The summed E-state index contributed by atoms with van der Waals surface area (Å²) in [6.07, 6.45) is 1.09. The van der Waals surface area contributed by atoms with Gasteiger partial charge in [-0.2, -0.15) is 0 Å². The van der Waals surface area contributed by atoms with Gasteiger partial charge < -0.3 is 10.2 Å². The largest absolute Gasteiger partial charge is 0.363 e. The van der Waals surface area contributed by atoms with E-state index in [2.05, 4.69) is 29.3 Å². The number of rotatable bonds is 0. The van der Waals surface area contributed by atoms with Crippen LogP contribution in [0.25, 0.3) is 0 Å². The lowest BCUT2D eigenvalue weighted by Gasteiger charge is -2.38. The Bertz CT molecular complexity index is 391. The molecule has 0 aliphatic carbocycles. The first kappa shape index (κ1) is 9.49. The molecule has 15 heavy (non-hydrogen) atoms. The normalized spacial score (nSPS) is 28.8. The molecular weight excluding hydrogens is 208 g/mol. The van der Waals surface area contributed by atoms with E-state index in [4.69, 9.17) is 11.6 Å². The molecule has 1 N–H and O–H groups in total. The van der Waals surface area contributed by atoms with Gasteiger partial charge in [-0.1, -0.05) is 17.7 Å². The molecule has 2 heterocycles. The third-order valence-corrected chi connectivity index (χ3v) is 3.85. The average molecular weight is 223 g/mol. The Kier molecular flexibility index (Phi) is 2.15. The summed E-state index contributed by atoms with van der Waals surface area (Å²) in [5.74, 6) is 0. The van der Waals surface area contributed by atoms with Crippen molar-refractivity contribution in [2.24, 2.45) is 0 Å². The number of benzene rings is 1. The molecule has 80 valence electrons. The highest BCUT2D eigenvalue weighted by molar-refractivity contribution is 6.31. The summed E-state index contributed by atoms with van der Waals surface area (Å²) >= 11 is 6.24. The molecule has 1 aromatic carbocycles. The SMILES string of the molecule is C[C@@H]1CNC[C@H]2Cc3c(Cl)cccc3N21. The van der Waals surface area contributed by atoms with Crippen molar-refractivity contribution in [2.45, 2.75) is 25.4 Å². The number of nitrogens with one attached hydrogen (secondary N) is 1. The smallest absolute Gasteiger partial charge is 0.0459 e. The third kappa shape index (κ3) is 1.35. The van der Waals surface area contributed by atoms with Crippen LogP contribution >= 0.6 is 11.6 Å². The van der Waals surface area contributed by atoms with E-state index in [-0.39, 0.29) is 0 Å². The van der Waals surface area contributed by atoms with E-state index in [1.165, 1.54) is 11.3 Å². The quantitative estimate of drug-likeness (QED) is 0.723. The van der Waals surface area contributed by atoms with Gasteiger partial charge in [0.25, 0.3) is 0 Å². The Morgan fingerprint density at radius 3 is 3.13 bits per heavy atom. The second kappa shape index (κ2) is 3.39. The first-order valence-corrected chi connectivity index (χ1v) is 5.91. The Morgan fingerprint density at radius 2 is 2.27 bits per heavy atom. The maximum atomic E-state index is 6.24. The Labute approximate surface area is 95.2 Å². The van der Waals surface area contributed by atoms with Gasteiger partial charge in [0.05, 0.1) is 0 Å². The molecule has 2 aliphatic rings. The van der Waals surface area contributed by atoms with Crippen LogP contribution < -0.4 is 10.2 Å². The predicted molar refractivity (Wildman–Crippen MR) is 63.8 cm³/mol. The first-order chi connectivity index (χ1) is 7.27. The molecule has 2 aliphatic heterocycles. The van der Waals surface area contributed by atoms with Crippen LogP contribution in [0.3, 0.4) is 0 Å². The second-order valence-corrected chi connectivity index (χ2v) is 4.92. The van der Waals surface area contributed by atoms with E-state index in [0.29, 0.717) is 12.1 Å². The molecule has 0 spiro atoms. The Balaban J connectivity index is 2.07. The molecule has 0 radical (unpaired) electrons. The number of anilines is 1. The van der Waals surface area contributed by atoms with Crippen molar-refractivity contribution >= 4 is 17.3 Å². The maximum Gasteiger partial charge on any atom is 0.0459 e. The lowest BCUT2D eigenvalue weighted by Crippen LogP contribution is -2.54. The molecule has 1 aromatic rings. The molecule has 0 aromatic heterocycles. The van der Waals surface area contributed by atoms with Crippen LogP contribution in [0.1, 0.15) is 12.5 Å². The van der Waals surface area contributed by atoms with Gasteiger partial charge in [0.15, 0.2) is 0 Å². The number of halogens is 1. The predicted octanol–water partition coefficient (Wildman–Crippen LogP) is 2.06. The lowest BCUT2D eigenvalue weighted by atomic mass is 10.1. The van der Waals surface area contributed by atoms with Crippen LogP contribution in [0, 0.1) is 0 Å². The number of piperazine rings is 1. The Hall–Kier alpha value is -0.730. The summed E-state index contributed by atoms with van der Waals surface area (Å²) in [4.78, 5) is 2.53. The van der Waals surface area contributed by atoms with Gasteiger partial charge in [-0.25, -0.2) is 0 Å². The van der Waals surface area contributed by atoms with Crippen molar-refractivity contribution in [3.63, 3.8) is 0 Å². The average Bonchev–Trinajstić information content (AvgIpc) is 2.59. The van der Waals surface area contributed by atoms with Gasteiger partial charge in [0, 0.05) is 35.9 Å². The molecule has 1 saturated heterocycles. The third-order valence-electron chi connectivity index (χ3n) is 3.50.